The van der Waals surface area contributed by atoms with Gasteiger partial charge in [0.15, 0.2) is 0 Å². The third-order valence-corrected chi connectivity index (χ3v) is 1.94. The van der Waals surface area contributed by atoms with E-state index in [9.17, 15) is 14.7 Å². The SMILES string of the molecule is CC(C)(C)NC(=O)C(=O)N/N=C\c1cccc(O)c1. The number of carbonyl (C=O) groups is 2. The van der Waals surface area contributed by atoms with Crippen LogP contribution in [0.5, 0.6) is 5.75 Å². The van der Waals surface area contributed by atoms with Gasteiger partial charge in [0.2, 0.25) is 0 Å². The number of nitrogens with one attached hydrogen (secondary N) is 2. The van der Waals surface area contributed by atoms with Gasteiger partial charge in [-0.2, -0.15) is 5.10 Å². The van der Waals surface area contributed by atoms with Crippen LogP contribution in [0, 0.1) is 0 Å². The maximum absolute atomic E-state index is 11.4. The Morgan fingerprint density at radius 2 is 1.95 bits per heavy atom. The van der Waals surface area contributed by atoms with Gasteiger partial charge in [0.1, 0.15) is 5.75 Å². The Morgan fingerprint density at radius 1 is 1.26 bits per heavy atom. The first-order valence-electron chi connectivity index (χ1n) is 5.72. The van der Waals surface area contributed by atoms with E-state index in [-0.39, 0.29) is 5.75 Å². The van der Waals surface area contributed by atoms with Crippen molar-refractivity contribution in [3.05, 3.63) is 29.8 Å². The lowest BCUT2D eigenvalue weighted by molar-refractivity contribution is -0.140. The fourth-order valence-corrected chi connectivity index (χ4v) is 1.22. The van der Waals surface area contributed by atoms with Crippen LogP contribution in [0.3, 0.4) is 0 Å². The Kier molecular flexibility index (Phi) is 4.63. The maximum Gasteiger partial charge on any atom is 0.329 e. The zero-order chi connectivity index (χ0) is 14.5. The average Bonchev–Trinajstić information content (AvgIpc) is 2.26. The predicted octanol–water partition coefficient (Wildman–Crippen LogP) is 0.757. The molecule has 0 unspecified atom stereocenters. The Hall–Kier alpha value is -2.37. The summed E-state index contributed by atoms with van der Waals surface area (Å²) >= 11 is 0. The van der Waals surface area contributed by atoms with E-state index in [0.29, 0.717) is 5.56 Å². The zero-order valence-electron chi connectivity index (χ0n) is 11.1. The number of rotatable bonds is 2. The lowest BCUT2D eigenvalue weighted by Crippen LogP contribution is -2.47. The summed E-state index contributed by atoms with van der Waals surface area (Å²) < 4.78 is 0. The number of hydrogen-bond donors (Lipinski definition) is 3. The monoisotopic (exact) mass is 263 g/mol. The Labute approximate surface area is 111 Å². The highest BCUT2D eigenvalue weighted by Gasteiger charge is 2.19. The van der Waals surface area contributed by atoms with Gasteiger partial charge in [0.25, 0.3) is 0 Å². The molecular formula is C13H17N3O3. The molecule has 0 atom stereocenters. The summed E-state index contributed by atoms with van der Waals surface area (Å²) in [6.07, 6.45) is 1.34. The van der Waals surface area contributed by atoms with E-state index in [2.05, 4.69) is 15.8 Å². The fourth-order valence-electron chi connectivity index (χ4n) is 1.22. The lowest BCUT2D eigenvalue weighted by Gasteiger charge is -2.19. The summed E-state index contributed by atoms with van der Waals surface area (Å²) in [5.41, 5.74) is 2.23. The smallest absolute Gasteiger partial charge is 0.329 e. The second-order valence-electron chi connectivity index (χ2n) is 5.00. The van der Waals surface area contributed by atoms with Crippen molar-refractivity contribution in [1.82, 2.24) is 10.7 Å². The van der Waals surface area contributed by atoms with Gasteiger partial charge in [0.05, 0.1) is 6.21 Å². The highest BCUT2D eigenvalue weighted by atomic mass is 16.3. The first-order chi connectivity index (χ1) is 8.78. The number of benzene rings is 1. The molecule has 6 nitrogen and oxygen atoms in total. The van der Waals surface area contributed by atoms with Crippen molar-refractivity contribution in [1.29, 1.82) is 0 Å². The highest BCUT2D eigenvalue weighted by molar-refractivity contribution is 6.35. The number of amides is 2. The molecule has 1 aromatic carbocycles. The molecule has 0 aliphatic heterocycles. The van der Waals surface area contributed by atoms with E-state index in [1.54, 1.807) is 32.9 Å². The van der Waals surface area contributed by atoms with E-state index in [1.807, 2.05) is 0 Å². The minimum Gasteiger partial charge on any atom is -0.508 e. The van der Waals surface area contributed by atoms with Gasteiger partial charge >= 0.3 is 11.8 Å². The van der Waals surface area contributed by atoms with Crippen LogP contribution < -0.4 is 10.7 Å². The molecule has 0 aromatic heterocycles. The Morgan fingerprint density at radius 3 is 2.53 bits per heavy atom. The molecule has 6 heteroatoms. The first kappa shape index (κ1) is 14.7. The van der Waals surface area contributed by atoms with Crippen LogP contribution in [-0.2, 0) is 9.59 Å². The number of nitrogens with zero attached hydrogens (tertiary/aromatic N) is 1. The summed E-state index contributed by atoms with van der Waals surface area (Å²) in [5.74, 6) is -1.49. The molecule has 102 valence electrons. The van der Waals surface area contributed by atoms with Gasteiger partial charge in [-0.3, -0.25) is 9.59 Å². The standard InChI is InChI=1S/C13H17N3O3/c1-13(2,3)15-11(18)12(19)16-14-8-9-5-4-6-10(17)7-9/h4-8,17H,1-3H3,(H,15,18)(H,16,19)/b14-8-. The zero-order valence-corrected chi connectivity index (χ0v) is 11.1. The highest BCUT2D eigenvalue weighted by Crippen LogP contribution is 2.08. The topological polar surface area (TPSA) is 90.8 Å². The number of aromatic hydroxyl groups is 1. The normalized spacial score (nSPS) is 11.3. The van der Waals surface area contributed by atoms with Crippen LogP contribution in [0.4, 0.5) is 0 Å². The number of phenolic OH excluding ortho intramolecular Hbond substituents is 1. The average molecular weight is 263 g/mol. The van der Waals surface area contributed by atoms with Crippen molar-refractivity contribution in [2.75, 3.05) is 0 Å². The van der Waals surface area contributed by atoms with Crippen molar-refractivity contribution in [2.45, 2.75) is 26.3 Å². The van der Waals surface area contributed by atoms with Crippen LogP contribution >= 0.6 is 0 Å². The van der Waals surface area contributed by atoms with E-state index in [1.165, 1.54) is 18.3 Å². The van der Waals surface area contributed by atoms with Crippen molar-refractivity contribution in [2.24, 2.45) is 5.10 Å². The fraction of sp³-hybridized carbons (Fsp3) is 0.308. The maximum atomic E-state index is 11.4. The minimum atomic E-state index is -0.841. The molecule has 0 fully saturated rings. The number of hydrazone groups is 1. The van der Waals surface area contributed by atoms with Gasteiger partial charge in [-0.1, -0.05) is 12.1 Å². The molecule has 19 heavy (non-hydrogen) atoms. The molecule has 0 spiro atoms. The van der Waals surface area contributed by atoms with Crippen LogP contribution in [0.15, 0.2) is 29.4 Å². The summed E-state index contributed by atoms with van der Waals surface area (Å²) in [4.78, 5) is 22.8. The Bertz CT molecular complexity index is 504. The van der Waals surface area contributed by atoms with Crippen molar-refractivity contribution in [3.8, 4) is 5.75 Å². The van der Waals surface area contributed by atoms with E-state index in [0.717, 1.165) is 0 Å². The second-order valence-corrected chi connectivity index (χ2v) is 5.00. The van der Waals surface area contributed by atoms with Crippen LogP contribution in [-0.4, -0.2) is 28.7 Å². The molecule has 1 aromatic rings. The molecule has 0 saturated heterocycles. The first-order valence-corrected chi connectivity index (χ1v) is 5.72. The second kappa shape index (κ2) is 5.99. The van der Waals surface area contributed by atoms with Gasteiger partial charge in [-0.15, -0.1) is 0 Å². The number of hydrogen-bond acceptors (Lipinski definition) is 4. The molecular weight excluding hydrogens is 246 g/mol. The third-order valence-electron chi connectivity index (χ3n) is 1.94. The van der Waals surface area contributed by atoms with Crippen LogP contribution in [0.1, 0.15) is 26.3 Å². The largest absolute Gasteiger partial charge is 0.508 e. The Balaban J connectivity index is 2.53. The lowest BCUT2D eigenvalue weighted by atomic mass is 10.1. The molecule has 0 heterocycles. The van der Waals surface area contributed by atoms with Crippen LogP contribution in [0.2, 0.25) is 0 Å². The van der Waals surface area contributed by atoms with Gasteiger partial charge in [-0.05, 0) is 38.5 Å². The van der Waals surface area contributed by atoms with Gasteiger partial charge in [-0.25, -0.2) is 5.43 Å². The molecule has 3 N–H and O–H groups in total. The van der Waals surface area contributed by atoms with E-state index in [4.69, 9.17) is 0 Å². The van der Waals surface area contributed by atoms with Crippen molar-refractivity contribution in [3.63, 3.8) is 0 Å². The summed E-state index contributed by atoms with van der Waals surface area (Å²) in [7, 11) is 0. The van der Waals surface area contributed by atoms with E-state index >= 15 is 0 Å². The summed E-state index contributed by atoms with van der Waals surface area (Å²) in [6, 6.07) is 6.34. The van der Waals surface area contributed by atoms with Gasteiger partial charge < -0.3 is 10.4 Å². The molecule has 0 aliphatic rings. The quantitative estimate of drug-likeness (QED) is 0.418. The number of carbonyl (C=O) groups excluding carboxylic acids is 2. The molecule has 1 rings (SSSR count). The molecule has 0 radical (unpaired) electrons. The molecule has 0 saturated carbocycles. The van der Waals surface area contributed by atoms with Crippen molar-refractivity contribution < 1.29 is 14.7 Å². The van der Waals surface area contributed by atoms with Crippen LogP contribution in [0.25, 0.3) is 0 Å². The minimum absolute atomic E-state index is 0.0979. The third kappa shape index (κ3) is 5.67. The van der Waals surface area contributed by atoms with Crippen molar-refractivity contribution >= 4 is 18.0 Å². The molecule has 0 bridgehead atoms. The molecule has 2 amide bonds. The number of phenols is 1. The summed E-state index contributed by atoms with van der Waals surface area (Å²) in [6.45, 7) is 5.32. The summed E-state index contributed by atoms with van der Waals surface area (Å²) in [5, 5.41) is 15.4. The van der Waals surface area contributed by atoms with Gasteiger partial charge in [0, 0.05) is 5.54 Å². The van der Waals surface area contributed by atoms with E-state index < -0.39 is 17.4 Å². The molecule has 0 aliphatic carbocycles. The predicted molar refractivity (Wildman–Crippen MR) is 71.7 cm³/mol.